The number of alkyl halides is 6. The van der Waals surface area contributed by atoms with Gasteiger partial charge in [0.15, 0.2) is 0 Å². The second-order valence-electron chi connectivity index (χ2n) is 12.1. The number of pyridine rings is 2. The van der Waals surface area contributed by atoms with Gasteiger partial charge in [-0.15, -0.1) is 13.2 Å². The number of nitrogens with zero attached hydrogens (tertiary/aromatic N) is 4. The van der Waals surface area contributed by atoms with Gasteiger partial charge < -0.3 is 24.7 Å². The van der Waals surface area contributed by atoms with Gasteiger partial charge in [-0.05, 0) is 91.8 Å². The summed E-state index contributed by atoms with van der Waals surface area (Å²) in [4.78, 5) is 62.8. The van der Waals surface area contributed by atoms with Crippen molar-refractivity contribution in [2.45, 2.75) is 46.7 Å². The summed E-state index contributed by atoms with van der Waals surface area (Å²) in [5.74, 6) is -3.24. The summed E-state index contributed by atoms with van der Waals surface area (Å²) in [5, 5.41) is 18.9. The van der Waals surface area contributed by atoms with Crippen LogP contribution in [0.4, 0.5) is 38.0 Å². The van der Waals surface area contributed by atoms with E-state index < -0.39 is 30.4 Å². The number of esters is 1. The van der Waals surface area contributed by atoms with Gasteiger partial charge in [-0.25, -0.2) is 24.4 Å². The van der Waals surface area contributed by atoms with Crippen molar-refractivity contribution in [3.05, 3.63) is 94.3 Å². The fourth-order valence-corrected chi connectivity index (χ4v) is 5.96. The molecule has 0 atom stereocenters. The van der Waals surface area contributed by atoms with Crippen molar-refractivity contribution in [1.29, 1.82) is 0 Å². The average Bonchev–Trinajstić information content (AvgIpc) is 3.34. The minimum Gasteiger partial charge on any atom is -0.478 e. The number of carbonyl (C=O) groups is 3. The fraction of sp³-hybridized carbons (Fsp3) is 0.297. The Bertz CT molecular complexity index is 1880. The highest BCUT2D eigenvalue weighted by atomic mass is 19.4. The van der Waals surface area contributed by atoms with E-state index in [0.29, 0.717) is 11.1 Å². The number of benzene rings is 2. The lowest BCUT2D eigenvalue weighted by Gasteiger charge is -2.23. The molecule has 1 aliphatic heterocycles. The summed E-state index contributed by atoms with van der Waals surface area (Å²) in [7, 11) is 0. The molecule has 0 radical (unpaired) electrons. The van der Waals surface area contributed by atoms with Gasteiger partial charge in [-0.1, -0.05) is 24.3 Å². The number of carboxylic acids is 2. The van der Waals surface area contributed by atoms with Gasteiger partial charge >= 0.3 is 36.6 Å². The van der Waals surface area contributed by atoms with E-state index in [1.807, 2.05) is 93.4 Å². The molecule has 55 heavy (non-hydrogen) atoms. The molecule has 12 nitrogen and oxygen atoms in total. The number of carbonyl (C=O) groups excluding carboxylic acids is 3. The lowest BCUT2D eigenvalue weighted by atomic mass is 9.96. The third kappa shape index (κ3) is 11.9. The number of anilines is 2. The quantitative estimate of drug-likeness (QED) is 0.150. The molecule has 2 N–H and O–H groups in total. The lowest BCUT2D eigenvalue weighted by Crippen LogP contribution is -2.31. The van der Waals surface area contributed by atoms with Crippen LogP contribution in [-0.4, -0.2) is 83.0 Å². The molecule has 1 aliphatic rings. The molecular formula is C37H34F6N4O8. The smallest absolute Gasteiger partial charge is 0.478 e. The second kappa shape index (κ2) is 18.2. The zero-order valence-electron chi connectivity index (χ0n) is 29.7. The molecule has 4 aromatic rings. The van der Waals surface area contributed by atoms with Crippen molar-refractivity contribution in [2.24, 2.45) is 0 Å². The van der Waals surface area contributed by atoms with Crippen LogP contribution in [0.1, 0.15) is 49.4 Å². The maximum absolute atomic E-state index is 11.5. The Kier molecular flexibility index (Phi) is 14.2. The molecule has 0 bridgehead atoms. The molecule has 2 aromatic carbocycles. The largest absolute Gasteiger partial charge is 0.575 e. The van der Waals surface area contributed by atoms with E-state index in [2.05, 4.69) is 9.80 Å². The number of hydrogen-bond acceptors (Lipinski definition) is 10. The van der Waals surface area contributed by atoms with E-state index >= 15 is 0 Å². The van der Waals surface area contributed by atoms with Crippen LogP contribution in [0.25, 0.3) is 22.3 Å². The molecule has 5 rings (SSSR count). The normalized spacial score (nSPS) is 12.9. The molecule has 1 saturated heterocycles. The van der Waals surface area contributed by atoms with E-state index in [9.17, 15) is 50.9 Å². The number of rotatable bonds is 6. The van der Waals surface area contributed by atoms with Crippen LogP contribution in [-0.2, 0) is 19.1 Å². The molecule has 2 aromatic heterocycles. The van der Waals surface area contributed by atoms with Crippen molar-refractivity contribution in [2.75, 3.05) is 36.0 Å². The first-order valence-electron chi connectivity index (χ1n) is 16.1. The number of carboxylic acid groups (broad SMARTS) is 2. The minimum absolute atomic E-state index is 0.250. The van der Waals surface area contributed by atoms with Gasteiger partial charge in [-0.3, -0.25) is 0 Å². The van der Waals surface area contributed by atoms with Gasteiger partial charge in [-0.2, -0.15) is 22.8 Å². The van der Waals surface area contributed by atoms with Gasteiger partial charge in [0, 0.05) is 49.7 Å². The molecular weight excluding hydrogens is 742 g/mol. The maximum atomic E-state index is 11.5. The first-order valence-corrected chi connectivity index (χ1v) is 16.1. The molecule has 1 fully saturated rings. The van der Waals surface area contributed by atoms with E-state index in [4.69, 9.17) is 19.6 Å². The van der Waals surface area contributed by atoms with E-state index in [0.717, 1.165) is 88.7 Å². The van der Waals surface area contributed by atoms with Gasteiger partial charge in [0.2, 0.25) is 0 Å². The Labute approximate surface area is 310 Å². The fourth-order valence-electron chi connectivity index (χ4n) is 5.96. The predicted octanol–water partition coefficient (Wildman–Crippen LogP) is 7.19. The van der Waals surface area contributed by atoms with Crippen molar-refractivity contribution >= 4 is 35.7 Å². The van der Waals surface area contributed by atoms with Crippen LogP contribution in [0, 0.1) is 27.7 Å². The zero-order chi connectivity index (χ0) is 41.2. The summed E-state index contributed by atoms with van der Waals surface area (Å²) in [6.07, 6.45) is -6.27. The van der Waals surface area contributed by atoms with Crippen molar-refractivity contribution in [3.63, 3.8) is 0 Å². The summed E-state index contributed by atoms with van der Waals surface area (Å²) >= 11 is 0. The van der Waals surface area contributed by atoms with Crippen LogP contribution in [0.5, 0.6) is 0 Å². The SMILES string of the molecule is Cc1cc(-c2ccc(N3CCCN(c4ccc(-c5cc(C)c(C(=O)O)c(C)c5)cn4)CC3)nc2)cc(C)c1C(=O)O.O=C(OC(F)(F)F)C(F)(F)F.O=C=O. The summed E-state index contributed by atoms with van der Waals surface area (Å²) < 4.78 is 67.7. The number of aryl methyl sites for hydroxylation is 4. The number of ether oxygens (including phenoxy) is 1. The van der Waals surface area contributed by atoms with Gasteiger partial charge in [0.05, 0.1) is 11.1 Å². The molecule has 292 valence electrons. The molecule has 0 amide bonds. The Morgan fingerprint density at radius 2 is 0.982 bits per heavy atom. The first-order chi connectivity index (χ1) is 25.7. The predicted molar refractivity (Wildman–Crippen MR) is 184 cm³/mol. The highest BCUT2D eigenvalue weighted by molar-refractivity contribution is 5.93. The Balaban J connectivity index is 0.000000496. The average molecular weight is 777 g/mol. The standard InChI is InChI=1S/C33H34N4O4.C3F6O2.CO2/c1-20-14-26(15-21(2)30(20)32(38)39)24-6-8-28(34-18-24)36-10-5-11-37(13-12-36)29-9-7-25(19-35-29)27-16-22(3)31(33(40)41)23(4)17-27;4-2(5,6)1(10)11-3(7,8)9;2-1-3/h6-9,14-19H,5,10-13H2,1-4H3,(H,38,39)(H,40,41);;. The molecule has 0 spiro atoms. The number of aromatic nitrogens is 2. The maximum Gasteiger partial charge on any atom is 0.575 e. The number of halogens is 6. The Morgan fingerprint density at radius 3 is 1.22 bits per heavy atom. The van der Waals surface area contributed by atoms with E-state index in [-0.39, 0.29) is 6.15 Å². The zero-order valence-corrected chi connectivity index (χ0v) is 29.7. The van der Waals surface area contributed by atoms with Crippen LogP contribution in [0.3, 0.4) is 0 Å². The minimum atomic E-state index is -5.62. The lowest BCUT2D eigenvalue weighted by molar-refractivity contribution is -0.322. The first kappa shape index (κ1) is 43.1. The van der Waals surface area contributed by atoms with Crippen LogP contribution >= 0.6 is 0 Å². The summed E-state index contributed by atoms with van der Waals surface area (Å²) in [6.45, 7) is 10.7. The van der Waals surface area contributed by atoms with Crippen molar-refractivity contribution < 1.29 is 65.3 Å². The Morgan fingerprint density at radius 1 is 0.636 bits per heavy atom. The monoisotopic (exact) mass is 776 g/mol. The van der Waals surface area contributed by atoms with Crippen molar-refractivity contribution in [3.8, 4) is 22.3 Å². The van der Waals surface area contributed by atoms with Gasteiger partial charge in [0.25, 0.3) is 0 Å². The summed E-state index contributed by atoms with van der Waals surface area (Å²) in [5.41, 5.74) is 7.53. The molecule has 0 aliphatic carbocycles. The summed E-state index contributed by atoms with van der Waals surface area (Å²) in [6, 6.07) is 15.8. The van der Waals surface area contributed by atoms with Gasteiger partial charge in [0.1, 0.15) is 11.6 Å². The van der Waals surface area contributed by atoms with Crippen LogP contribution in [0.2, 0.25) is 0 Å². The highest BCUT2D eigenvalue weighted by Crippen LogP contribution is 2.29. The third-order valence-corrected chi connectivity index (χ3v) is 8.24. The molecule has 3 heterocycles. The number of hydrogen-bond donors (Lipinski definition) is 2. The Hall–Kier alpha value is -6.29. The second-order valence-corrected chi connectivity index (χ2v) is 12.1. The van der Waals surface area contributed by atoms with Crippen LogP contribution < -0.4 is 9.80 Å². The molecule has 0 saturated carbocycles. The topological polar surface area (TPSA) is 167 Å². The number of aromatic carboxylic acids is 2. The molecule has 18 heteroatoms. The van der Waals surface area contributed by atoms with Crippen LogP contribution in [0.15, 0.2) is 60.9 Å². The van der Waals surface area contributed by atoms with E-state index in [1.54, 1.807) is 0 Å². The van der Waals surface area contributed by atoms with Crippen molar-refractivity contribution in [1.82, 2.24) is 9.97 Å². The highest BCUT2D eigenvalue weighted by Gasteiger charge is 2.48. The third-order valence-electron chi connectivity index (χ3n) is 8.24. The van der Waals surface area contributed by atoms with E-state index in [1.165, 1.54) is 0 Å². The molecule has 0 unspecified atom stereocenters.